The van der Waals surface area contributed by atoms with Gasteiger partial charge in [0.05, 0.1) is 0 Å². The molecular formula is C13H19N3O2S. The van der Waals surface area contributed by atoms with Crippen molar-refractivity contribution in [3.63, 3.8) is 0 Å². The minimum atomic E-state index is -0.707. The third-order valence-electron chi connectivity index (χ3n) is 3.94. The number of carbonyl (C=O) groups is 1. The van der Waals surface area contributed by atoms with E-state index >= 15 is 0 Å². The van der Waals surface area contributed by atoms with Crippen LogP contribution in [-0.2, 0) is 4.79 Å². The van der Waals surface area contributed by atoms with Crippen molar-refractivity contribution in [1.29, 1.82) is 0 Å². The molecule has 0 amide bonds. The lowest BCUT2D eigenvalue weighted by molar-refractivity contribution is -0.137. The molecule has 1 saturated carbocycles. The normalized spacial score (nSPS) is 23.6. The van der Waals surface area contributed by atoms with Crippen LogP contribution in [0.25, 0.3) is 0 Å². The average Bonchev–Trinajstić information content (AvgIpc) is 3.15. The van der Waals surface area contributed by atoms with Gasteiger partial charge >= 0.3 is 5.97 Å². The SMILES string of the molecule is O=C(O)CCC1CCCCN1c1nc(C2CC2)ns1. The Kier molecular flexibility index (Phi) is 3.68. The van der Waals surface area contributed by atoms with Crippen molar-refractivity contribution in [2.24, 2.45) is 0 Å². The van der Waals surface area contributed by atoms with Crippen LogP contribution in [0.1, 0.15) is 56.7 Å². The van der Waals surface area contributed by atoms with Crippen LogP contribution in [0.2, 0.25) is 0 Å². The van der Waals surface area contributed by atoms with Gasteiger partial charge in [0.25, 0.3) is 0 Å². The van der Waals surface area contributed by atoms with Crippen molar-refractivity contribution in [2.45, 2.75) is 56.9 Å². The smallest absolute Gasteiger partial charge is 0.303 e. The molecule has 3 rings (SSSR count). The number of piperidine rings is 1. The van der Waals surface area contributed by atoms with Crippen molar-refractivity contribution >= 4 is 22.6 Å². The summed E-state index contributed by atoms with van der Waals surface area (Å²) in [4.78, 5) is 17.7. The summed E-state index contributed by atoms with van der Waals surface area (Å²) >= 11 is 1.48. The fraction of sp³-hybridized carbons (Fsp3) is 0.769. The summed E-state index contributed by atoms with van der Waals surface area (Å²) in [6, 6.07) is 0.324. The van der Waals surface area contributed by atoms with Crippen molar-refractivity contribution in [2.75, 3.05) is 11.4 Å². The minimum Gasteiger partial charge on any atom is -0.481 e. The molecule has 0 aromatic carbocycles. The van der Waals surface area contributed by atoms with E-state index < -0.39 is 5.97 Å². The third-order valence-corrected chi connectivity index (χ3v) is 4.71. The lowest BCUT2D eigenvalue weighted by Crippen LogP contribution is -2.39. The maximum absolute atomic E-state index is 10.7. The Hall–Kier alpha value is -1.17. The summed E-state index contributed by atoms with van der Waals surface area (Å²) in [6.07, 6.45) is 6.84. The van der Waals surface area contributed by atoms with Crippen molar-refractivity contribution in [3.8, 4) is 0 Å². The van der Waals surface area contributed by atoms with Crippen LogP contribution in [0.3, 0.4) is 0 Å². The zero-order chi connectivity index (χ0) is 13.2. The summed E-state index contributed by atoms with van der Waals surface area (Å²) in [5, 5.41) is 9.84. The number of carboxylic acids is 1. The van der Waals surface area contributed by atoms with Crippen molar-refractivity contribution in [1.82, 2.24) is 9.36 Å². The summed E-state index contributed by atoms with van der Waals surface area (Å²) < 4.78 is 4.46. The predicted molar refractivity (Wildman–Crippen MR) is 73.7 cm³/mol. The Labute approximate surface area is 116 Å². The van der Waals surface area contributed by atoms with Crippen LogP contribution < -0.4 is 4.90 Å². The molecule has 2 aliphatic rings. The summed E-state index contributed by atoms with van der Waals surface area (Å²) in [5.74, 6) is 0.885. The molecule has 104 valence electrons. The molecular weight excluding hydrogens is 262 g/mol. The molecule has 1 aliphatic heterocycles. The quantitative estimate of drug-likeness (QED) is 0.898. The standard InChI is InChI=1S/C13H19N3O2S/c17-11(18)7-6-10-3-1-2-8-16(10)13-14-12(15-19-13)9-4-5-9/h9-10H,1-8H2,(H,17,18). The van der Waals surface area contributed by atoms with Crippen molar-refractivity contribution in [3.05, 3.63) is 5.82 Å². The number of hydrogen-bond acceptors (Lipinski definition) is 5. The number of carboxylic acid groups (broad SMARTS) is 1. The van der Waals surface area contributed by atoms with E-state index in [1.807, 2.05) is 0 Å². The monoisotopic (exact) mass is 281 g/mol. The highest BCUT2D eigenvalue weighted by molar-refractivity contribution is 7.09. The fourth-order valence-electron chi connectivity index (χ4n) is 2.69. The Balaban J connectivity index is 1.69. The second kappa shape index (κ2) is 5.45. The van der Waals surface area contributed by atoms with Gasteiger partial charge in [-0.25, -0.2) is 4.98 Å². The maximum atomic E-state index is 10.7. The van der Waals surface area contributed by atoms with E-state index in [-0.39, 0.29) is 6.42 Å². The molecule has 0 bridgehead atoms. The van der Waals surface area contributed by atoms with Gasteiger partial charge < -0.3 is 10.0 Å². The largest absolute Gasteiger partial charge is 0.481 e. The molecule has 1 aliphatic carbocycles. The van der Waals surface area contributed by atoms with Gasteiger partial charge in [0.15, 0.2) is 0 Å². The van der Waals surface area contributed by atoms with Crippen LogP contribution in [-0.4, -0.2) is 33.0 Å². The molecule has 1 unspecified atom stereocenters. The van der Waals surface area contributed by atoms with Crippen molar-refractivity contribution < 1.29 is 9.90 Å². The highest BCUT2D eigenvalue weighted by Gasteiger charge is 2.30. The number of anilines is 1. The molecule has 1 atom stereocenters. The fourth-order valence-corrected chi connectivity index (χ4v) is 3.54. The summed E-state index contributed by atoms with van der Waals surface area (Å²) in [7, 11) is 0. The molecule has 2 fully saturated rings. The Morgan fingerprint density at radius 1 is 1.37 bits per heavy atom. The Bertz CT molecular complexity index is 458. The molecule has 5 nitrogen and oxygen atoms in total. The van der Waals surface area contributed by atoms with Gasteiger partial charge in [-0.2, -0.15) is 4.37 Å². The summed E-state index contributed by atoms with van der Waals surface area (Å²) in [6.45, 7) is 0.990. The number of nitrogens with zero attached hydrogens (tertiary/aromatic N) is 3. The lowest BCUT2D eigenvalue weighted by atomic mass is 9.98. The first-order chi connectivity index (χ1) is 9.24. The first-order valence-corrected chi connectivity index (χ1v) is 7.83. The number of rotatable bonds is 5. The van der Waals surface area contributed by atoms with E-state index in [1.165, 1.54) is 37.2 Å². The molecule has 6 heteroatoms. The Morgan fingerprint density at radius 2 is 2.21 bits per heavy atom. The van der Waals surface area contributed by atoms with Crippen LogP contribution in [0, 0.1) is 0 Å². The molecule has 0 spiro atoms. The predicted octanol–water partition coefficient (Wildman–Crippen LogP) is 2.64. The molecule has 2 heterocycles. The van der Waals surface area contributed by atoms with Crippen LogP contribution in [0.15, 0.2) is 0 Å². The molecule has 1 saturated heterocycles. The first kappa shape index (κ1) is 12.8. The molecule has 0 radical (unpaired) electrons. The Morgan fingerprint density at radius 3 is 2.95 bits per heavy atom. The minimum absolute atomic E-state index is 0.245. The molecule has 1 N–H and O–H groups in total. The van der Waals surface area contributed by atoms with Gasteiger partial charge in [-0.15, -0.1) is 0 Å². The van der Waals surface area contributed by atoms with Gasteiger partial charge in [0, 0.05) is 36.5 Å². The van der Waals surface area contributed by atoms with Gasteiger partial charge in [0.2, 0.25) is 5.13 Å². The third kappa shape index (κ3) is 3.05. The molecule has 19 heavy (non-hydrogen) atoms. The highest BCUT2D eigenvalue weighted by Crippen LogP contribution is 2.40. The number of aromatic nitrogens is 2. The van der Waals surface area contributed by atoms with Gasteiger partial charge in [-0.3, -0.25) is 4.79 Å². The number of aliphatic carboxylic acids is 1. The zero-order valence-corrected chi connectivity index (χ0v) is 11.7. The lowest BCUT2D eigenvalue weighted by Gasteiger charge is -2.35. The average molecular weight is 281 g/mol. The second-order valence-electron chi connectivity index (χ2n) is 5.48. The van der Waals surface area contributed by atoms with Gasteiger partial charge in [-0.05, 0) is 38.5 Å². The van der Waals surface area contributed by atoms with E-state index in [4.69, 9.17) is 5.11 Å². The summed E-state index contributed by atoms with van der Waals surface area (Å²) in [5.41, 5.74) is 0. The van der Waals surface area contributed by atoms with E-state index in [0.717, 1.165) is 23.9 Å². The van der Waals surface area contributed by atoms with E-state index in [0.29, 0.717) is 18.4 Å². The topological polar surface area (TPSA) is 66.3 Å². The van der Waals surface area contributed by atoms with Crippen LogP contribution >= 0.6 is 11.5 Å². The van der Waals surface area contributed by atoms with Crippen LogP contribution in [0.4, 0.5) is 5.13 Å². The van der Waals surface area contributed by atoms with E-state index in [1.54, 1.807) is 0 Å². The second-order valence-corrected chi connectivity index (χ2v) is 6.22. The zero-order valence-electron chi connectivity index (χ0n) is 10.9. The van der Waals surface area contributed by atoms with Gasteiger partial charge in [0.1, 0.15) is 5.82 Å². The van der Waals surface area contributed by atoms with Gasteiger partial charge in [-0.1, -0.05) is 0 Å². The van der Waals surface area contributed by atoms with Crippen LogP contribution in [0.5, 0.6) is 0 Å². The molecule has 1 aromatic heterocycles. The van der Waals surface area contributed by atoms with E-state index in [2.05, 4.69) is 14.3 Å². The maximum Gasteiger partial charge on any atom is 0.303 e. The van der Waals surface area contributed by atoms with E-state index in [9.17, 15) is 4.79 Å². The molecule has 1 aromatic rings. The number of hydrogen-bond donors (Lipinski definition) is 1. The first-order valence-electron chi connectivity index (χ1n) is 7.06. The highest BCUT2D eigenvalue weighted by atomic mass is 32.1.